The zero-order chi connectivity index (χ0) is 17.7. The molecule has 1 aromatic rings. The summed E-state index contributed by atoms with van der Waals surface area (Å²) in [7, 11) is 1.31. The van der Waals surface area contributed by atoms with Crippen LogP contribution < -0.4 is 5.32 Å². The maximum Gasteiger partial charge on any atom is 0.337 e. The number of piperazine rings is 1. The Morgan fingerprint density at radius 2 is 1.92 bits per heavy atom. The fraction of sp³-hybridized carbons (Fsp3) is 0.529. The van der Waals surface area contributed by atoms with E-state index in [4.69, 9.17) is 11.6 Å². The minimum absolute atomic E-state index is 0.205. The van der Waals surface area contributed by atoms with Gasteiger partial charge in [0, 0.05) is 32.7 Å². The number of halogens is 1. The highest BCUT2D eigenvalue weighted by Gasteiger charge is 2.22. The topological polar surface area (TPSA) is 61.9 Å². The molecule has 7 heteroatoms. The quantitative estimate of drug-likeness (QED) is 0.845. The van der Waals surface area contributed by atoms with Crippen molar-refractivity contribution in [2.75, 3.05) is 45.2 Å². The van der Waals surface area contributed by atoms with Crippen LogP contribution in [0.4, 0.5) is 10.5 Å². The summed E-state index contributed by atoms with van der Waals surface area (Å²) < 4.78 is 4.69. The number of urea groups is 1. The van der Waals surface area contributed by atoms with Crippen LogP contribution in [-0.4, -0.2) is 61.6 Å². The fourth-order valence-corrected chi connectivity index (χ4v) is 2.87. The van der Waals surface area contributed by atoms with Gasteiger partial charge in [-0.2, -0.15) is 0 Å². The summed E-state index contributed by atoms with van der Waals surface area (Å²) in [6, 6.07) is 4.46. The molecule has 1 N–H and O–H groups in total. The molecular weight excluding hydrogens is 330 g/mol. The Hall–Kier alpha value is -1.79. The van der Waals surface area contributed by atoms with E-state index < -0.39 is 5.97 Å². The molecule has 24 heavy (non-hydrogen) atoms. The van der Waals surface area contributed by atoms with E-state index in [1.807, 2.05) is 0 Å². The van der Waals surface area contributed by atoms with E-state index in [0.29, 0.717) is 35.3 Å². The molecule has 2 amide bonds. The largest absolute Gasteiger partial charge is 0.465 e. The molecule has 0 spiro atoms. The van der Waals surface area contributed by atoms with Crippen molar-refractivity contribution in [3.63, 3.8) is 0 Å². The lowest BCUT2D eigenvalue weighted by Gasteiger charge is -2.35. The molecule has 0 unspecified atom stereocenters. The van der Waals surface area contributed by atoms with Crippen LogP contribution in [0.3, 0.4) is 0 Å². The van der Waals surface area contributed by atoms with Crippen LogP contribution >= 0.6 is 11.6 Å². The van der Waals surface area contributed by atoms with Crippen LogP contribution in [-0.2, 0) is 4.74 Å². The molecule has 0 aromatic heterocycles. The predicted octanol–water partition coefficient (Wildman–Crippen LogP) is 2.93. The van der Waals surface area contributed by atoms with E-state index in [-0.39, 0.29) is 6.03 Å². The summed E-state index contributed by atoms with van der Waals surface area (Å²) in [5.74, 6) is 0.148. The Morgan fingerprint density at radius 1 is 1.25 bits per heavy atom. The lowest BCUT2D eigenvalue weighted by atomic mass is 10.2. The van der Waals surface area contributed by atoms with E-state index in [1.54, 1.807) is 17.0 Å². The summed E-state index contributed by atoms with van der Waals surface area (Å²) in [6.45, 7) is 8.50. The monoisotopic (exact) mass is 353 g/mol. The summed E-state index contributed by atoms with van der Waals surface area (Å²) in [6.07, 6.45) is 0. The van der Waals surface area contributed by atoms with Gasteiger partial charge in [-0.05, 0) is 24.1 Å². The standard InChI is InChI=1S/C17H24ClN3O3/c1-12(2)11-20-6-8-21(9-7-20)17(23)19-15-10-13(16(22)24-3)4-5-14(15)18/h4-5,10,12H,6-9,11H2,1-3H3,(H,19,23). The number of nitrogens with zero attached hydrogens (tertiary/aromatic N) is 2. The Labute approximate surface area is 147 Å². The van der Waals surface area contributed by atoms with Crippen molar-refractivity contribution < 1.29 is 14.3 Å². The molecule has 1 fully saturated rings. The molecule has 132 valence electrons. The van der Waals surface area contributed by atoms with Crippen molar-refractivity contribution >= 4 is 29.3 Å². The van der Waals surface area contributed by atoms with Crippen molar-refractivity contribution in [3.8, 4) is 0 Å². The number of benzene rings is 1. The lowest BCUT2D eigenvalue weighted by molar-refractivity contribution is 0.0600. The molecule has 1 heterocycles. The predicted molar refractivity (Wildman–Crippen MR) is 94.7 cm³/mol. The molecule has 0 atom stereocenters. The van der Waals surface area contributed by atoms with E-state index in [2.05, 4.69) is 28.8 Å². The molecule has 1 aliphatic rings. The zero-order valence-corrected chi connectivity index (χ0v) is 15.1. The summed E-state index contributed by atoms with van der Waals surface area (Å²) in [5.41, 5.74) is 0.758. The lowest BCUT2D eigenvalue weighted by Crippen LogP contribution is -2.50. The number of carbonyl (C=O) groups is 2. The summed E-state index contributed by atoms with van der Waals surface area (Å²) >= 11 is 6.11. The van der Waals surface area contributed by atoms with Gasteiger partial charge in [0.2, 0.25) is 0 Å². The number of ether oxygens (including phenoxy) is 1. The summed E-state index contributed by atoms with van der Waals surface area (Å²) in [5, 5.41) is 3.17. The van der Waals surface area contributed by atoms with Gasteiger partial charge in [-0.25, -0.2) is 9.59 Å². The fourth-order valence-electron chi connectivity index (χ4n) is 2.71. The maximum absolute atomic E-state index is 12.4. The molecule has 2 rings (SSSR count). The van der Waals surface area contributed by atoms with E-state index in [0.717, 1.165) is 19.6 Å². The first kappa shape index (κ1) is 18.5. The number of anilines is 1. The Morgan fingerprint density at radius 3 is 2.50 bits per heavy atom. The Kier molecular flexibility index (Phi) is 6.45. The number of nitrogens with one attached hydrogen (secondary N) is 1. The van der Waals surface area contributed by atoms with Gasteiger partial charge in [-0.3, -0.25) is 4.90 Å². The van der Waals surface area contributed by atoms with Crippen molar-refractivity contribution in [1.82, 2.24) is 9.80 Å². The van der Waals surface area contributed by atoms with Gasteiger partial charge in [0.05, 0.1) is 23.4 Å². The first-order valence-electron chi connectivity index (χ1n) is 8.07. The average molecular weight is 354 g/mol. The second-order valence-electron chi connectivity index (χ2n) is 6.30. The van der Waals surface area contributed by atoms with E-state index in [9.17, 15) is 9.59 Å². The molecular formula is C17H24ClN3O3. The third-order valence-corrected chi connectivity index (χ3v) is 4.24. The molecule has 0 saturated carbocycles. The van der Waals surface area contributed by atoms with Gasteiger partial charge in [-0.15, -0.1) is 0 Å². The first-order valence-corrected chi connectivity index (χ1v) is 8.44. The van der Waals surface area contributed by atoms with Crippen LogP contribution in [0.1, 0.15) is 24.2 Å². The van der Waals surface area contributed by atoms with Gasteiger partial charge < -0.3 is 15.0 Å². The normalized spacial score (nSPS) is 15.5. The van der Waals surface area contributed by atoms with Crippen LogP contribution in [0.25, 0.3) is 0 Å². The van der Waals surface area contributed by atoms with Crippen molar-refractivity contribution in [2.45, 2.75) is 13.8 Å². The third-order valence-electron chi connectivity index (χ3n) is 3.91. The SMILES string of the molecule is COC(=O)c1ccc(Cl)c(NC(=O)N2CCN(CC(C)C)CC2)c1. The van der Waals surface area contributed by atoms with Gasteiger partial charge in [-0.1, -0.05) is 25.4 Å². The molecule has 6 nitrogen and oxygen atoms in total. The Bertz CT molecular complexity index is 599. The second-order valence-corrected chi connectivity index (χ2v) is 6.71. The minimum Gasteiger partial charge on any atom is -0.465 e. The number of carbonyl (C=O) groups excluding carboxylic acids is 2. The number of rotatable bonds is 4. The zero-order valence-electron chi connectivity index (χ0n) is 14.3. The highest BCUT2D eigenvalue weighted by Crippen LogP contribution is 2.24. The minimum atomic E-state index is -0.468. The van der Waals surface area contributed by atoms with Crippen LogP contribution in [0.5, 0.6) is 0 Å². The van der Waals surface area contributed by atoms with Gasteiger partial charge in [0.1, 0.15) is 0 Å². The van der Waals surface area contributed by atoms with Crippen LogP contribution in [0, 0.1) is 5.92 Å². The number of hydrogen-bond donors (Lipinski definition) is 1. The first-order chi connectivity index (χ1) is 11.4. The third kappa shape index (κ3) is 4.85. The van der Waals surface area contributed by atoms with Crippen molar-refractivity contribution in [2.24, 2.45) is 5.92 Å². The number of hydrogen-bond acceptors (Lipinski definition) is 4. The molecule has 0 bridgehead atoms. The highest BCUT2D eigenvalue weighted by molar-refractivity contribution is 6.33. The number of methoxy groups -OCH3 is 1. The Balaban J connectivity index is 1.97. The van der Waals surface area contributed by atoms with E-state index >= 15 is 0 Å². The van der Waals surface area contributed by atoms with Gasteiger partial charge >= 0.3 is 12.0 Å². The molecule has 1 aromatic carbocycles. The maximum atomic E-state index is 12.4. The highest BCUT2D eigenvalue weighted by atomic mass is 35.5. The van der Waals surface area contributed by atoms with Gasteiger partial charge in [0.25, 0.3) is 0 Å². The molecule has 0 aliphatic carbocycles. The van der Waals surface area contributed by atoms with Crippen molar-refractivity contribution in [3.05, 3.63) is 28.8 Å². The van der Waals surface area contributed by atoms with Crippen LogP contribution in [0.15, 0.2) is 18.2 Å². The number of amides is 2. The average Bonchev–Trinajstić information content (AvgIpc) is 2.56. The second kappa shape index (κ2) is 8.35. The molecule has 1 saturated heterocycles. The smallest absolute Gasteiger partial charge is 0.337 e. The van der Waals surface area contributed by atoms with Crippen molar-refractivity contribution in [1.29, 1.82) is 0 Å². The molecule has 0 radical (unpaired) electrons. The summed E-state index contributed by atoms with van der Waals surface area (Å²) in [4.78, 5) is 28.1. The van der Waals surface area contributed by atoms with Gasteiger partial charge in [0.15, 0.2) is 0 Å². The van der Waals surface area contributed by atoms with E-state index in [1.165, 1.54) is 13.2 Å². The van der Waals surface area contributed by atoms with Crippen LogP contribution in [0.2, 0.25) is 5.02 Å². The number of esters is 1. The molecule has 1 aliphatic heterocycles.